The number of allylic oxidation sites excluding steroid dienone is 2. The zero-order valence-electron chi connectivity index (χ0n) is 26.3. The van der Waals surface area contributed by atoms with Gasteiger partial charge in [-0.1, -0.05) is 71.8 Å². The van der Waals surface area contributed by atoms with E-state index in [0.717, 1.165) is 22.6 Å². The molecule has 11 heteroatoms. The molecule has 2 aliphatic carbocycles. The van der Waals surface area contributed by atoms with E-state index in [1.165, 1.54) is 23.1 Å². The predicted molar refractivity (Wildman–Crippen MR) is 182 cm³/mol. The first-order chi connectivity index (χ1) is 24.0. The Morgan fingerprint density at radius 3 is 2.16 bits per heavy atom. The highest BCUT2D eigenvalue weighted by Crippen LogP contribution is 2.64. The Hall–Kier alpha value is -5.74. The van der Waals surface area contributed by atoms with E-state index in [0.29, 0.717) is 21.8 Å². The van der Waals surface area contributed by atoms with E-state index in [4.69, 9.17) is 11.6 Å². The number of aromatic carboxylic acids is 1. The van der Waals surface area contributed by atoms with Gasteiger partial charge in [0.1, 0.15) is 17.1 Å². The quantitative estimate of drug-likeness (QED) is 0.175. The van der Waals surface area contributed by atoms with Crippen molar-refractivity contribution in [1.82, 2.24) is 0 Å². The summed E-state index contributed by atoms with van der Waals surface area (Å²) in [4.78, 5) is 72.0. The molecule has 2 heterocycles. The van der Waals surface area contributed by atoms with E-state index in [9.17, 15) is 34.5 Å². The van der Waals surface area contributed by atoms with Crippen LogP contribution in [0.25, 0.3) is 0 Å². The van der Waals surface area contributed by atoms with Crippen molar-refractivity contribution in [2.45, 2.75) is 24.2 Å². The first-order valence-electron chi connectivity index (χ1n) is 16.2. The summed E-state index contributed by atoms with van der Waals surface area (Å²) < 4.78 is 0. The zero-order valence-corrected chi connectivity index (χ0v) is 27.0. The molecule has 8 rings (SSSR count). The van der Waals surface area contributed by atoms with Crippen molar-refractivity contribution in [2.75, 3.05) is 9.80 Å². The number of anilines is 2. The molecule has 3 N–H and O–H groups in total. The van der Waals surface area contributed by atoms with Crippen LogP contribution in [0.15, 0.2) is 109 Å². The molecule has 4 aliphatic rings. The van der Waals surface area contributed by atoms with Crippen LogP contribution in [0.4, 0.5) is 11.4 Å². The Morgan fingerprint density at radius 2 is 1.48 bits per heavy atom. The van der Waals surface area contributed by atoms with Crippen molar-refractivity contribution in [2.24, 2.45) is 23.7 Å². The lowest BCUT2D eigenvalue weighted by Gasteiger charge is -2.50. The van der Waals surface area contributed by atoms with Crippen LogP contribution in [0.5, 0.6) is 11.5 Å². The van der Waals surface area contributed by atoms with Crippen LogP contribution in [0.2, 0.25) is 5.02 Å². The van der Waals surface area contributed by atoms with Crippen molar-refractivity contribution >= 4 is 52.6 Å². The van der Waals surface area contributed by atoms with E-state index in [1.54, 1.807) is 36.4 Å². The summed E-state index contributed by atoms with van der Waals surface area (Å²) in [6, 6.07) is 25.7. The Morgan fingerprint density at radius 1 is 0.760 bits per heavy atom. The maximum absolute atomic E-state index is 15.2. The fourth-order valence-electron chi connectivity index (χ4n) is 8.88. The molecule has 50 heavy (non-hydrogen) atoms. The van der Waals surface area contributed by atoms with Crippen molar-refractivity contribution in [3.63, 3.8) is 0 Å². The number of carboxylic acids is 1. The number of carboxylic acid groups (broad SMARTS) is 1. The molecule has 3 fully saturated rings. The molecular weight excluding hydrogens is 660 g/mol. The summed E-state index contributed by atoms with van der Waals surface area (Å²) in [6.45, 7) is 0. The zero-order chi connectivity index (χ0) is 35.1. The van der Waals surface area contributed by atoms with Crippen molar-refractivity contribution in [3.8, 4) is 11.5 Å². The molecule has 250 valence electrons. The van der Waals surface area contributed by atoms with E-state index >= 15 is 4.79 Å². The van der Waals surface area contributed by atoms with E-state index in [2.05, 4.69) is 0 Å². The average molecular weight is 689 g/mol. The number of hydrogen-bond donors (Lipinski definition) is 3. The molecule has 0 bridgehead atoms. The summed E-state index contributed by atoms with van der Waals surface area (Å²) >= 11 is 6.35. The van der Waals surface area contributed by atoms with Gasteiger partial charge in [-0.05, 0) is 72.4 Å². The minimum atomic E-state index is -1.45. The van der Waals surface area contributed by atoms with Gasteiger partial charge in [0.15, 0.2) is 0 Å². The first-order valence-corrected chi connectivity index (χ1v) is 16.5. The number of phenols is 2. The van der Waals surface area contributed by atoms with Gasteiger partial charge in [-0.3, -0.25) is 19.2 Å². The molecule has 2 saturated heterocycles. The van der Waals surface area contributed by atoms with Gasteiger partial charge in [-0.15, -0.1) is 0 Å². The molecule has 0 aromatic heterocycles. The number of hydrogen-bond acceptors (Lipinski definition) is 7. The van der Waals surface area contributed by atoms with Gasteiger partial charge >= 0.3 is 5.97 Å². The number of carbonyl (C=O) groups excluding carboxylic acids is 4. The van der Waals surface area contributed by atoms with Gasteiger partial charge in [-0.2, -0.15) is 0 Å². The second-order valence-electron chi connectivity index (χ2n) is 13.2. The number of aromatic hydroxyl groups is 2. The lowest BCUT2D eigenvalue weighted by Crippen LogP contribution is -2.53. The van der Waals surface area contributed by atoms with Gasteiger partial charge in [-0.25, -0.2) is 14.6 Å². The SMILES string of the molecule is O=C(O)c1ccc(N2C(=O)[C@H]3[C@H](CC=C4[C@H]3C[C@H]3C(=O)N(c5cccc(Cl)c5)C(=O)[C@@]3(c3ccccc3)[C@H]4c3ccc(O)cc3)C2=O)cc1O. The number of rotatable bonds is 5. The molecule has 10 nitrogen and oxygen atoms in total. The average Bonchev–Trinajstić information content (AvgIpc) is 3.49. The third kappa shape index (κ3) is 4.37. The number of benzene rings is 4. The van der Waals surface area contributed by atoms with Crippen LogP contribution in [-0.2, 0) is 24.6 Å². The van der Waals surface area contributed by atoms with Crippen LogP contribution in [0.1, 0.15) is 40.2 Å². The fraction of sp³-hybridized carbons (Fsp3) is 0.205. The minimum Gasteiger partial charge on any atom is -0.508 e. The Balaban J connectivity index is 1.31. The molecule has 1 saturated carbocycles. The molecule has 0 unspecified atom stereocenters. The maximum atomic E-state index is 15.2. The molecule has 4 aromatic carbocycles. The van der Waals surface area contributed by atoms with Gasteiger partial charge in [0.05, 0.1) is 34.5 Å². The maximum Gasteiger partial charge on any atom is 0.339 e. The van der Waals surface area contributed by atoms with E-state index < -0.39 is 70.4 Å². The first kappa shape index (κ1) is 31.5. The van der Waals surface area contributed by atoms with Crippen LogP contribution < -0.4 is 9.80 Å². The highest BCUT2D eigenvalue weighted by atomic mass is 35.5. The molecular formula is C39H29ClN2O8. The van der Waals surface area contributed by atoms with Gasteiger partial charge in [0, 0.05) is 17.0 Å². The van der Waals surface area contributed by atoms with Gasteiger partial charge in [0.2, 0.25) is 23.6 Å². The van der Waals surface area contributed by atoms with Gasteiger partial charge in [0.25, 0.3) is 0 Å². The number of imide groups is 2. The highest BCUT2D eigenvalue weighted by Gasteiger charge is 2.70. The lowest BCUT2D eigenvalue weighted by molar-refractivity contribution is -0.127. The standard InChI is InChI=1S/C39H29ClN2O8/c40-22-7-4-8-23(17-22)42-35(46)30-19-29-26(33(20-9-12-25(43)13-10-20)39(30,38(42)50)21-5-2-1-3-6-21)15-16-28-32(29)36(47)41(34(28)45)24-11-14-27(37(48)49)31(44)18-24/h1-15,17-18,28-30,32-33,43-44H,16,19H2,(H,48,49)/t28-,29+,30-,32-,33-,39+/m0/s1. The predicted octanol–water partition coefficient (Wildman–Crippen LogP) is 5.82. The normalized spacial score (nSPS) is 27.1. The monoisotopic (exact) mass is 688 g/mol. The topological polar surface area (TPSA) is 153 Å². The number of nitrogens with zero attached hydrogens (tertiary/aromatic N) is 2. The summed E-state index contributed by atoms with van der Waals surface area (Å²) in [5, 5.41) is 30.4. The number of halogens is 1. The third-order valence-corrected chi connectivity index (χ3v) is 11.1. The molecule has 6 atom stereocenters. The summed E-state index contributed by atoms with van der Waals surface area (Å²) in [6.07, 6.45) is 2.19. The Labute approximate surface area is 290 Å². The number of phenolic OH excluding ortho intramolecular Hbond substituents is 1. The van der Waals surface area contributed by atoms with Gasteiger partial charge < -0.3 is 15.3 Å². The van der Waals surface area contributed by atoms with E-state index in [1.807, 2.05) is 36.4 Å². The highest BCUT2D eigenvalue weighted by molar-refractivity contribution is 6.32. The number of amides is 4. The van der Waals surface area contributed by atoms with Crippen LogP contribution in [0, 0.1) is 23.7 Å². The Kier molecular flexibility index (Phi) is 7.20. The molecule has 4 aromatic rings. The number of carbonyl (C=O) groups is 5. The molecule has 0 spiro atoms. The summed E-state index contributed by atoms with van der Waals surface area (Å²) in [5.41, 5.74) is 0.570. The van der Waals surface area contributed by atoms with Crippen molar-refractivity contribution < 1.29 is 39.3 Å². The molecule has 2 aliphatic heterocycles. The Bertz CT molecular complexity index is 2170. The van der Waals surface area contributed by atoms with Crippen LogP contribution in [0.3, 0.4) is 0 Å². The fourth-order valence-corrected chi connectivity index (χ4v) is 9.06. The largest absolute Gasteiger partial charge is 0.508 e. The molecule has 0 radical (unpaired) electrons. The third-order valence-electron chi connectivity index (χ3n) is 10.9. The minimum absolute atomic E-state index is 0.0165. The lowest BCUT2D eigenvalue weighted by atomic mass is 9.49. The van der Waals surface area contributed by atoms with E-state index in [-0.39, 0.29) is 29.8 Å². The van der Waals surface area contributed by atoms with Crippen LogP contribution >= 0.6 is 11.6 Å². The molecule has 4 amide bonds. The second-order valence-corrected chi connectivity index (χ2v) is 13.6. The summed E-state index contributed by atoms with van der Waals surface area (Å²) in [5.74, 6) is -7.84. The smallest absolute Gasteiger partial charge is 0.339 e. The van der Waals surface area contributed by atoms with Crippen molar-refractivity contribution in [1.29, 1.82) is 0 Å². The summed E-state index contributed by atoms with van der Waals surface area (Å²) in [7, 11) is 0. The number of fused-ring (bicyclic) bond motifs is 4. The van der Waals surface area contributed by atoms with Crippen LogP contribution in [-0.4, -0.2) is 44.9 Å². The second kappa shape index (κ2) is 11.4. The van der Waals surface area contributed by atoms with Crippen molar-refractivity contribution in [3.05, 3.63) is 130 Å².